The van der Waals surface area contributed by atoms with Crippen LogP contribution in [0, 0.1) is 11.3 Å². The summed E-state index contributed by atoms with van der Waals surface area (Å²) in [6.07, 6.45) is 0. The number of ether oxygens (including phenoxy) is 1. The Labute approximate surface area is 134 Å². The van der Waals surface area contributed by atoms with Crippen molar-refractivity contribution in [3.63, 3.8) is 0 Å². The smallest absolute Gasteiger partial charge is 0.221 e. The summed E-state index contributed by atoms with van der Waals surface area (Å²) in [6.45, 7) is 0. The summed E-state index contributed by atoms with van der Waals surface area (Å²) in [5.41, 5.74) is 0.412. The van der Waals surface area contributed by atoms with E-state index in [2.05, 4.69) is 20.9 Å². The molecule has 3 nitrogen and oxygen atoms in total. The molecule has 2 aromatic carbocycles. The van der Waals surface area contributed by atoms with E-state index in [4.69, 9.17) is 21.6 Å². The van der Waals surface area contributed by atoms with Crippen molar-refractivity contribution in [2.24, 2.45) is 0 Å². The van der Waals surface area contributed by atoms with Crippen LogP contribution in [0.15, 0.2) is 53.0 Å². The Hall–Kier alpha value is -2.09. The molecule has 1 aromatic heterocycles. The van der Waals surface area contributed by atoms with Crippen molar-refractivity contribution < 1.29 is 4.74 Å². The SMILES string of the molecule is N#Cc1cc(Cl)nc(Oc2ccc3cc(Br)ccc3c2)c1. The Morgan fingerprint density at radius 1 is 1.05 bits per heavy atom. The molecule has 0 unspecified atom stereocenters. The maximum Gasteiger partial charge on any atom is 0.221 e. The first-order valence-corrected chi connectivity index (χ1v) is 7.26. The van der Waals surface area contributed by atoms with Crippen molar-refractivity contribution in [2.75, 3.05) is 0 Å². The van der Waals surface area contributed by atoms with E-state index >= 15 is 0 Å². The predicted molar refractivity (Wildman–Crippen MR) is 85.7 cm³/mol. The molecule has 0 saturated carbocycles. The summed E-state index contributed by atoms with van der Waals surface area (Å²) in [5, 5.41) is 11.3. The van der Waals surface area contributed by atoms with E-state index < -0.39 is 0 Å². The summed E-state index contributed by atoms with van der Waals surface area (Å²) in [7, 11) is 0. The fourth-order valence-corrected chi connectivity index (χ4v) is 2.55. The minimum absolute atomic E-state index is 0.230. The molecule has 0 bridgehead atoms. The summed E-state index contributed by atoms with van der Waals surface area (Å²) >= 11 is 9.30. The number of hydrogen-bond donors (Lipinski definition) is 0. The Bertz CT molecular complexity index is 874. The van der Waals surface area contributed by atoms with Crippen LogP contribution in [0.5, 0.6) is 11.6 Å². The Morgan fingerprint density at radius 2 is 1.81 bits per heavy atom. The van der Waals surface area contributed by atoms with E-state index in [1.165, 1.54) is 6.07 Å². The molecule has 0 aliphatic rings. The van der Waals surface area contributed by atoms with Gasteiger partial charge in [0.1, 0.15) is 10.9 Å². The maximum absolute atomic E-state index is 8.92. The second-order valence-electron chi connectivity index (χ2n) is 4.38. The quantitative estimate of drug-likeness (QED) is 0.582. The average molecular weight is 360 g/mol. The monoisotopic (exact) mass is 358 g/mol. The van der Waals surface area contributed by atoms with Gasteiger partial charge in [-0.3, -0.25) is 0 Å². The third kappa shape index (κ3) is 3.15. The summed E-state index contributed by atoms with van der Waals surface area (Å²) < 4.78 is 6.71. The number of halogens is 2. The number of nitriles is 1. The lowest BCUT2D eigenvalue weighted by molar-refractivity contribution is 0.463. The Kier molecular flexibility index (Phi) is 3.78. The van der Waals surface area contributed by atoms with Gasteiger partial charge in [0.25, 0.3) is 0 Å². The molecule has 0 aliphatic heterocycles. The van der Waals surface area contributed by atoms with Gasteiger partial charge in [-0.2, -0.15) is 5.26 Å². The van der Waals surface area contributed by atoms with E-state index in [0.717, 1.165) is 15.2 Å². The molecule has 0 amide bonds. The van der Waals surface area contributed by atoms with Crippen LogP contribution >= 0.6 is 27.5 Å². The first-order valence-electron chi connectivity index (χ1n) is 6.09. The zero-order chi connectivity index (χ0) is 14.8. The molecule has 1 heterocycles. The van der Waals surface area contributed by atoms with Gasteiger partial charge in [-0.1, -0.05) is 39.7 Å². The molecular formula is C16H8BrClN2O. The van der Waals surface area contributed by atoms with Gasteiger partial charge in [0.2, 0.25) is 5.88 Å². The minimum Gasteiger partial charge on any atom is -0.439 e. The van der Waals surface area contributed by atoms with Gasteiger partial charge in [0.05, 0.1) is 11.6 Å². The highest BCUT2D eigenvalue weighted by Gasteiger charge is 2.05. The lowest BCUT2D eigenvalue weighted by Gasteiger charge is -2.07. The largest absolute Gasteiger partial charge is 0.439 e. The molecule has 0 radical (unpaired) electrons. The first kappa shape index (κ1) is 13.9. The van der Waals surface area contributed by atoms with Crippen LogP contribution in [0.4, 0.5) is 0 Å². The number of rotatable bonds is 2. The number of hydrogen-bond acceptors (Lipinski definition) is 3. The number of nitrogens with zero attached hydrogens (tertiary/aromatic N) is 2. The van der Waals surface area contributed by atoms with E-state index in [0.29, 0.717) is 17.2 Å². The fourth-order valence-electron chi connectivity index (χ4n) is 1.97. The standard InChI is InChI=1S/C16H8BrClN2O/c17-13-3-1-12-8-14(4-2-11(12)7-13)21-16-6-10(9-19)5-15(18)20-16/h1-8H. The zero-order valence-electron chi connectivity index (χ0n) is 10.7. The van der Waals surface area contributed by atoms with Gasteiger partial charge in [-0.15, -0.1) is 0 Å². The number of fused-ring (bicyclic) bond motifs is 1. The van der Waals surface area contributed by atoms with Crippen LogP contribution in [-0.4, -0.2) is 4.98 Å². The van der Waals surface area contributed by atoms with Gasteiger partial charge in [0.15, 0.2) is 0 Å². The first-order chi connectivity index (χ1) is 10.1. The number of aromatic nitrogens is 1. The average Bonchev–Trinajstić information content (AvgIpc) is 2.47. The summed E-state index contributed by atoms with van der Waals surface area (Å²) in [4.78, 5) is 4.06. The van der Waals surface area contributed by atoms with Gasteiger partial charge in [0, 0.05) is 10.5 Å². The van der Waals surface area contributed by atoms with Crippen molar-refractivity contribution in [1.82, 2.24) is 4.98 Å². The number of pyridine rings is 1. The second-order valence-corrected chi connectivity index (χ2v) is 5.69. The highest BCUT2D eigenvalue weighted by molar-refractivity contribution is 9.10. The number of benzene rings is 2. The summed E-state index contributed by atoms with van der Waals surface area (Å²) in [6, 6.07) is 16.8. The predicted octanol–water partition coefficient (Wildman–Crippen LogP) is 5.31. The molecule has 21 heavy (non-hydrogen) atoms. The normalized spacial score (nSPS) is 10.3. The molecule has 0 saturated heterocycles. The molecule has 0 spiro atoms. The third-order valence-corrected chi connectivity index (χ3v) is 3.58. The molecule has 102 valence electrons. The van der Waals surface area contributed by atoms with E-state index in [1.807, 2.05) is 42.5 Å². The molecule has 3 aromatic rings. The van der Waals surface area contributed by atoms with Crippen molar-refractivity contribution in [2.45, 2.75) is 0 Å². The fraction of sp³-hybridized carbons (Fsp3) is 0. The lowest BCUT2D eigenvalue weighted by atomic mass is 10.1. The molecule has 5 heteroatoms. The highest BCUT2D eigenvalue weighted by Crippen LogP contribution is 2.27. The van der Waals surface area contributed by atoms with Gasteiger partial charge in [-0.05, 0) is 41.1 Å². The Balaban J connectivity index is 1.96. The van der Waals surface area contributed by atoms with E-state index in [9.17, 15) is 0 Å². The van der Waals surface area contributed by atoms with Crippen molar-refractivity contribution in [3.05, 3.63) is 63.7 Å². The van der Waals surface area contributed by atoms with Gasteiger partial charge >= 0.3 is 0 Å². The van der Waals surface area contributed by atoms with E-state index in [-0.39, 0.29) is 5.15 Å². The topological polar surface area (TPSA) is 45.9 Å². The van der Waals surface area contributed by atoms with Crippen LogP contribution < -0.4 is 4.74 Å². The zero-order valence-corrected chi connectivity index (χ0v) is 13.0. The molecular weight excluding hydrogens is 352 g/mol. The van der Waals surface area contributed by atoms with Crippen LogP contribution in [-0.2, 0) is 0 Å². The van der Waals surface area contributed by atoms with Crippen LogP contribution in [0.1, 0.15) is 5.56 Å². The van der Waals surface area contributed by atoms with Crippen LogP contribution in [0.2, 0.25) is 5.15 Å². The molecule has 0 atom stereocenters. The molecule has 0 aliphatic carbocycles. The maximum atomic E-state index is 8.92. The molecule has 3 rings (SSSR count). The third-order valence-electron chi connectivity index (χ3n) is 2.90. The lowest BCUT2D eigenvalue weighted by Crippen LogP contribution is -1.90. The van der Waals surface area contributed by atoms with Crippen molar-refractivity contribution in [3.8, 4) is 17.7 Å². The van der Waals surface area contributed by atoms with E-state index in [1.54, 1.807) is 6.07 Å². The highest BCUT2D eigenvalue weighted by atomic mass is 79.9. The minimum atomic E-state index is 0.230. The van der Waals surface area contributed by atoms with Crippen LogP contribution in [0.25, 0.3) is 10.8 Å². The van der Waals surface area contributed by atoms with Crippen molar-refractivity contribution >= 4 is 38.3 Å². The van der Waals surface area contributed by atoms with Gasteiger partial charge in [-0.25, -0.2) is 4.98 Å². The second kappa shape index (κ2) is 5.72. The summed E-state index contributed by atoms with van der Waals surface area (Å²) in [5.74, 6) is 0.944. The Morgan fingerprint density at radius 3 is 2.62 bits per heavy atom. The van der Waals surface area contributed by atoms with Gasteiger partial charge < -0.3 is 4.74 Å². The van der Waals surface area contributed by atoms with Crippen molar-refractivity contribution in [1.29, 1.82) is 5.26 Å². The molecule has 0 fully saturated rings. The molecule has 0 N–H and O–H groups in total. The van der Waals surface area contributed by atoms with Crippen LogP contribution in [0.3, 0.4) is 0 Å².